The van der Waals surface area contributed by atoms with Crippen LogP contribution in [0.5, 0.6) is 5.75 Å². The Bertz CT molecular complexity index is 645. The SMILES string of the molecule is CC(=O)c1c(O)c2cc(Cl)ccc2[nH]c1=O. The molecule has 0 amide bonds. The van der Waals surface area contributed by atoms with E-state index in [0.717, 1.165) is 0 Å². The van der Waals surface area contributed by atoms with Crippen LogP contribution in [-0.4, -0.2) is 15.9 Å². The summed E-state index contributed by atoms with van der Waals surface area (Å²) >= 11 is 5.77. The number of aromatic amines is 1. The molecule has 0 aliphatic rings. The van der Waals surface area contributed by atoms with Crippen molar-refractivity contribution >= 4 is 28.3 Å². The monoisotopic (exact) mass is 237 g/mol. The molecular weight excluding hydrogens is 230 g/mol. The highest BCUT2D eigenvalue weighted by Gasteiger charge is 2.15. The summed E-state index contributed by atoms with van der Waals surface area (Å²) < 4.78 is 0. The molecule has 1 aromatic carbocycles. The molecule has 2 rings (SSSR count). The number of carbonyl (C=O) groups excluding carboxylic acids is 1. The highest BCUT2D eigenvalue weighted by molar-refractivity contribution is 6.31. The molecule has 5 heteroatoms. The van der Waals surface area contributed by atoms with Gasteiger partial charge in [-0.25, -0.2) is 0 Å². The summed E-state index contributed by atoms with van der Waals surface area (Å²) in [7, 11) is 0. The Kier molecular flexibility index (Phi) is 2.44. The fourth-order valence-corrected chi connectivity index (χ4v) is 1.75. The molecule has 0 atom stereocenters. The van der Waals surface area contributed by atoms with E-state index in [1.165, 1.54) is 13.0 Å². The van der Waals surface area contributed by atoms with Crippen molar-refractivity contribution in [3.8, 4) is 5.75 Å². The lowest BCUT2D eigenvalue weighted by Gasteiger charge is -2.04. The molecule has 0 bridgehead atoms. The van der Waals surface area contributed by atoms with Crippen LogP contribution < -0.4 is 5.56 Å². The number of aromatic nitrogens is 1. The Morgan fingerprint density at radius 2 is 2.12 bits per heavy atom. The second-order valence-corrected chi connectivity index (χ2v) is 3.86. The highest BCUT2D eigenvalue weighted by atomic mass is 35.5. The quantitative estimate of drug-likeness (QED) is 0.746. The molecule has 2 aromatic rings. The Morgan fingerprint density at radius 3 is 2.75 bits per heavy atom. The first-order valence-electron chi connectivity index (χ1n) is 4.56. The van der Waals surface area contributed by atoms with Gasteiger partial charge in [0, 0.05) is 10.4 Å². The Balaban J connectivity index is 2.96. The first-order valence-corrected chi connectivity index (χ1v) is 4.94. The summed E-state index contributed by atoms with van der Waals surface area (Å²) in [4.78, 5) is 25.2. The van der Waals surface area contributed by atoms with Crippen LogP contribution in [0.4, 0.5) is 0 Å². The molecule has 0 aliphatic heterocycles. The van der Waals surface area contributed by atoms with Crippen molar-refractivity contribution in [3.05, 3.63) is 39.1 Å². The van der Waals surface area contributed by atoms with Gasteiger partial charge in [-0.05, 0) is 25.1 Å². The number of benzene rings is 1. The lowest BCUT2D eigenvalue weighted by molar-refractivity contribution is 0.101. The highest BCUT2D eigenvalue weighted by Crippen LogP contribution is 2.27. The van der Waals surface area contributed by atoms with Gasteiger partial charge in [-0.3, -0.25) is 9.59 Å². The molecule has 82 valence electrons. The van der Waals surface area contributed by atoms with Gasteiger partial charge >= 0.3 is 0 Å². The van der Waals surface area contributed by atoms with Crippen molar-refractivity contribution in [1.29, 1.82) is 0 Å². The second kappa shape index (κ2) is 3.64. The number of hydrogen-bond acceptors (Lipinski definition) is 3. The normalized spacial score (nSPS) is 10.6. The van der Waals surface area contributed by atoms with Crippen LogP contribution in [0.1, 0.15) is 17.3 Å². The summed E-state index contributed by atoms with van der Waals surface area (Å²) in [6, 6.07) is 4.66. The lowest BCUT2D eigenvalue weighted by Crippen LogP contribution is -2.16. The number of nitrogens with one attached hydrogen (secondary N) is 1. The molecule has 16 heavy (non-hydrogen) atoms. The summed E-state index contributed by atoms with van der Waals surface area (Å²) in [5, 5.41) is 10.6. The predicted molar refractivity (Wildman–Crippen MR) is 61.2 cm³/mol. The standard InChI is InChI=1S/C11H8ClNO3/c1-5(14)9-10(15)7-4-6(12)2-3-8(7)13-11(9)16/h2-4H,1H3,(H2,13,15,16). The molecule has 1 heterocycles. The fraction of sp³-hybridized carbons (Fsp3) is 0.0909. The molecule has 0 fully saturated rings. The van der Waals surface area contributed by atoms with E-state index in [9.17, 15) is 14.7 Å². The molecule has 0 radical (unpaired) electrons. The van der Waals surface area contributed by atoms with E-state index in [1.54, 1.807) is 12.1 Å². The number of aromatic hydroxyl groups is 1. The number of Topliss-reactive ketones (excluding diaryl/α,β-unsaturated/α-hetero) is 1. The molecule has 4 nitrogen and oxygen atoms in total. The van der Waals surface area contributed by atoms with E-state index >= 15 is 0 Å². The van der Waals surface area contributed by atoms with Crippen molar-refractivity contribution < 1.29 is 9.90 Å². The number of fused-ring (bicyclic) bond motifs is 1. The van der Waals surface area contributed by atoms with Crippen LogP contribution in [0.3, 0.4) is 0 Å². The molecule has 0 spiro atoms. The minimum Gasteiger partial charge on any atom is -0.506 e. The van der Waals surface area contributed by atoms with Crippen molar-refractivity contribution in [1.82, 2.24) is 4.98 Å². The molecule has 0 aliphatic carbocycles. The Hall–Kier alpha value is -1.81. The van der Waals surface area contributed by atoms with Gasteiger partial charge in [0.1, 0.15) is 11.3 Å². The Morgan fingerprint density at radius 1 is 1.44 bits per heavy atom. The average Bonchev–Trinajstić information content (AvgIpc) is 2.19. The zero-order valence-electron chi connectivity index (χ0n) is 8.37. The maximum atomic E-state index is 11.5. The summed E-state index contributed by atoms with van der Waals surface area (Å²) in [6.07, 6.45) is 0. The van der Waals surface area contributed by atoms with E-state index in [1.807, 2.05) is 0 Å². The Labute approximate surface area is 95.5 Å². The summed E-state index contributed by atoms with van der Waals surface area (Å²) in [6.45, 7) is 1.22. The maximum absolute atomic E-state index is 11.5. The van der Waals surface area contributed by atoms with E-state index in [-0.39, 0.29) is 11.3 Å². The molecule has 0 saturated heterocycles. The third-order valence-electron chi connectivity index (χ3n) is 2.30. The van der Waals surface area contributed by atoms with Gasteiger partial charge in [0.2, 0.25) is 0 Å². The molecule has 0 unspecified atom stereocenters. The number of hydrogen-bond donors (Lipinski definition) is 2. The molecular formula is C11H8ClNO3. The number of halogens is 1. The van der Waals surface area contributed by atoms with Crippen LogP contribution in [0.15, 0.2) is 23.0 Å². The molecule has 0 saturated carbocycles. The van der Waals surface area contributed by atoms with Gasteiger partial charge in [0.05, 0.1) is 5.52 Å². The zero-order valence-corrected chi connectivity index (χ0v) is 9.13. The first kappa shape index (κ1) is 10.7. The molecule has 2 N–H and O–H groups in total. The van der Waals surface area contributed by atoms with Crippen LogP contribution in [0.2, 0.25) is 5.02 Å². The number of pyridine rings is 1. The maximum Gasteiger partial charge on any atom is 0.263 e. The number of rotatable bonds is 1. The van der Waals surface area contributed by atoms with Crippen molar-refractivity contribution in [2.24, 2.45) is 0 Å². The van der Waals surface area contributed by atoms with E-state index in [4.69, 9.17) is 11.6 Å². The predicted octanol–water partition coefficient (Wildman–Crippen LogP) is 2.09. The van der Waals surface area contributed by atoms with E-state index in [2.05, 4.69) is 4.98 Å². The van der Waals surface area contributed by atoms with E-state index < -0.39 is 11.3 Å². The van der Waals surface area contributed by atoms with Gasteiger partial charge < -0.3 is 10.1 Å². The van der Waals surface area contributed by atoms with Crippen molar-refractivity contribution in [2.75, 3.05) is 0 Å². The van der Waals surface area contributed by atoms with Crippen LogP contribution in [-0.2, 0) is 0 Å². The fourth-order valence-electron chi connectivity index (χ4n) is 1.58. The summed E-state index contributed by atoms with van der Waals surface area (Å²) in [5.74, 6) is -0.811. The van der Waals surface area contributed by atoms with Crippen molar-refractivity contribution in [3.63, 3.8) is 0 Å². The molecule has 1 aromatic heterocycles. The average molecular weight is 238 g/mol. The largest absolute Gasteiger partial charge is 0.506 e. The minimum absolute atomic E-state index is 0.241. The number of ketones is 1. The smallest absolute Gasteiger partial charge is 0.263 e. The first-order chi connectivity index (χ1) is 7.50. The second-order valence-electron chi connectivity index (χ2n) is 3.42. The van der Waals surface area contributed by atoms with Gasteiger partial charge in [0.15, 0.2) is 5.78 Å². The van der Waals surface area contributed by atoms with Crippen LogP contribution in [0, 0.1) is 0 Å². The lowest BCUT2D eigenvalue weighted by atomic mass is 10.1. The van der Waals surface area contributed by atoms with Gasteiger partial charge in [-0.2, -0.15) is 0 Å². The zero-order chi connectivity index (χ0) is 11.9. The van der Waals surface area contributed by atoms with E-state index in [0.29, 0.717) is 15.9 Å². The van der Waals surface area contributed by atoms with Gasteiger partial charge in [-0.15, -0.1) is 0 Å². The summed E-state index contributed by atoms with van der Waals surface area (Å²) in [5.41, 5.74) is -0.397. The minimum atomic E-state index is -0.597. The van der Waals surface area contributed by atoms with Crippen LogP contribution in [0.25, 0.3) is 10.9 Å². The number of H-pyrrole nitrogens is 1. The van der Waals surface area contributed by atoms with Gasteiger partial charge in [0.25, 0.3) is 5.56 Å². The van der Waals surface area contributed by atoms with Crippen LogP contribution >= 0.6 is 11.6 Å². The topological polar surface area (TPSA) is 70.2 Å². The van der Waals surface area contributed by atoms with Gasteiger partial charge in [-0.1, -0.05) is 11.6 Å². The third-order valence-corrected chi connectivity index (χ3v) is 2.54. The van der Waals surface area contributed by atoms with Crippen molar-refractivity contribution in [2.45, 2.75) is 6.92 Å². The number of carbonyl (C=O) groups is 1. The third kappa shape index (κ3) is 1.57.